The molecule has 1 heterocycles. The van der Waals surface area contributed by atoms with E-state index in [2.05, 4.69) is 27.2 Å². The highest BCUT2D eigenvalue weighted by Crippen LogP contribution is 2.19. The second-order valence-corrected chi connectivity index (χ2v) is 5.19. The predicted octanol–water partition coefficient (Wildman–Crippen LogP) is 1.43. The molecule has 0 spiro atoms. The summed E-state index contributed by atoms with van der Waals surface area (Å²) in [5, 5.41) is 3.42. The maximum Gasteiger partial charge on any atom is 0.121 e. The van der Waals surface area contributed by atoms with Crippen molar-refractivity contribution >= 4 is 5.69 Å². The van der Waals surface area contributed by atoms with Gasteiger partial charge in [0.05, 0.1) is 0 Å². The van der Waals surface area contributed by atoms with Crippen LogP contribution in [0.3, 0.4) is 0 Å². The molecule has 0 atom stereocenters. The number of hydrogen-bond donors (Lipinski definition) is 1. The van der Waals surface area contributed by atoms with Crippen LogP contribution in [0.4, 0.5) is 5.69 Å². The second-order valence-electron chi connectivity index (χ2n) is 5.19. The van der Waals surface area contributed by atoms with Crippen LogP contribution in [0.15, 0.2) is 24.3 Å². The van der Waals surface area contributed by atoms with Gasteiger partial charge in [-0.25, -0.2) is 0 Å². The topological polar surface area (TPSA) is 27.7 Å². The number of benzene rings is 1. The number of nitrogens with one attached hydrogen (secondary N) is 1. The van der Waals surface area contributed by atoms with E-state index in [1.807, 2.05) is 26.2 Å². The van der Waals surface area contributed by atoms with Crippen molar-refractivity contribution in [3.05, 3.63) is 24.3 Å². The molecule has 1 saturated heterocycles. The Hall–Kier alpha value is -1.26. The first-order chi connectivity index (χ1) is 9.25. The minimum atomic E-state index is 0.761. The first kappa shape index (κ1) is 14.2. The van der Waals surface area contributed by atoms with Crippen LogP contribution in [0.2, 0.25) is 0 Å². The van der Waals surface area contributed by atoms with E-state index in [1.165, 1.54) is 18.7 Å². The molecule has 1 aromatic carbocycles. The van der Waals surface area contributed by atoms with Gasteiger partial charge in [-0.15, -0.1) is 0 Å². The Morgan fingerprint density at radius 3 is 3.00 bits per heavy atom. The summed E-state index contributed by atoms with van der Waals surface area (Å²) in [6, 6.07) is 8.24. The molecular weight excluding hydrogens is 238 g/mol. The average Bonchev–Trinajstić information content (AvgIpc) is 2.68. The third-order valence-corrected chi connectivity index (χ3v) is 3.44. The molecule has 106 valence electrons. The van der Waals surface area contributed by atoms with Gasteiger partial charge in [0.2, 0.25) is 0 Å². The Bertz CT molecular complexity index is 373. The normalized spacial score (nSPS) is 16.9. The van der Waals surface area contributed by atoms with Crippen molar-refractivity contribution in [2.75, 3.05) is 58.3 Å². The number of anilines is 1. The van der Waals surface area contributed by atoms with Gasteiger partial charge in [0.15, 0.2) is 0 Å². The fraction of sp³-hybridized carbons (Fsp3) is 0.600. The van der Waals surface area contributed by atoms with Gasteiger partial charge >= 0.3 is 0 Å². The van der Waals surface area contributed by atoms with Crippen LogP contribution in [-0.2, 0) is 0 Å². The smallest absolute Gasteiger partial charge is 0.121 e. The van der Waals surface area contributed by atoms with E-state index in [-0.39, 0.29) is 0 Å². The number of ether oxygens (including phenoxy) is 1. The summed E-state index contributed by atoms with van der Waals surface area (Å²) < 4.78 is 5.85. The van der Waals surface area contributed by atoms with Gasteiger partial charge in [-0.05, 0) is 31.6 Å². The summed E-state index contributed by atoms with van der Waals surface area (Å²) in [6.45, 7) is 6.30. The SMILES string of the molecule is CN(C)c1cccc(OCCN2CCCNCC2)c1. The predicted molar refractivity (Wildman–Crippen MR) is 80.2 cm³/mol. The highest BCUT2D eigenvalue weighted by atomic mass is 16.5. The minimum Gasteiger partial charge on any atom is -0.492 e. The van der Waals surface area contributed by atoms with Crippen LogP contribution in [0.25, 0.3) is 0 Å². The third kappa shape index (κ3) is 4.73. The summed E-state index contributed by atoms with van der Waals surface area (Å²) >= 11 is 0. The molecule has 1 aliphatic heterocycles. The van der Waals surface area contributed by atoms with Crippen molar-refractivity contribution in [1.29, 1.82) is 0 Å². The monoisotopic (exact) mass is 263 g/mol. The average molecular weight is 263 g/mol. The lowest BCUT2D eigenvalue weighted by Crippen LogP contribution is -2.31. The van der Waals surface area contributed by atoms with Crippen molar-refractivity contribution < 1.29 is 4.74 Å². The second kappa shape index (κ2) is 7.36. The summed E-state index contributed by atoms with van der Waals surface area (Å²) in [5.74, 6) is 0.958. The maximum atomic E-state index is 5.85. The molecule has 0 aromatic heterocycles. The Kier molecular flexibility index (Phi) is 5.48. The standard InChI is InChI=1S/C15H25N3O/c1-17(2)14-5-3-6-15(13-14)19-12-11-18-9-4-7-16-8-10-18/h3,5-6,13,16H,4,7-12H2,1-2H3. The quantitative estimate of drug-likeness (QED) is 0.870. The van der Waals surface area contributed by atoms with E-state index < -0.39 is 0 Å². The van der Waals surface area contributed by atoms with E-state index >= 15 is 0 Å². The van der Waals surface area contributed by atoms with E-state index in [4.69, 9.17) is 4.74 Å². The van der Waals surface area contributed by atoms with Gasteiger partial charge in [0.1, 0.15) is 12.4 Å². The fourth-order valence-corrected chi connectivity index (χ4v) is 2.27. The van der Waals surface area contributed by atoms with Gasteiger partial charge < -0.3 is 15.0 Å². The molecule has 0 amide bonds. The number of nitrogens with zero attached hydrogens (tertiary/aromatic N) is 2. The van der Waals surface area contributed by atoms with Crippen LogP contribution in [-0.4, -0.2) is 58.3 Å². The lowest BCUT2D eigenvalue weighted by molar-refractivity contribution is 0.217. The molecule has 1 fully saturated rings. The summed E-state index contributed by atoms with van der Waals surface area (Å²) in [6.07, 6.45) is 1.23. The molecule has 4 heteroatoms. The first-order valence-corrected chi connectivity index (χ1v) is 7.09. The van der Waals surface area contributed by atoms with Gasteiger partial charge in [-0.3, -0.25) is 4.90 Å². The van der Waals surface area contributed by atoms with Crippen LogP contribution >= 0.6 is 0 Å². The number of hydrogen-bond acceptors (Lipinski definition) is 4. The Morgan fingerprint density at radius 1 is 1.26 bits per heavy atom. The molecular formula is C15H25N3O. The molecule has 0 aliphatic carbocycles. The lowest BCUT2D eigenvalue weighted by atomic mass is 10.3. The van der Waals surface area contributed by atoms with Gasteiger partial charge in [-0.1, -0.05) is 6.07 Å². The molecule has 2 rings (SSSR count). The largest absolute Gasteiger partial charge is 0.492 e. The molecule has 1 aliphatic rings. The van der Waals surface area contributed by atoms with Crippen LogP contribution < -0.4 is 15.0 Å². The Balaban J connectivity index is 1.77. The highest BCUT2D eigenvalue weighted by Gasteiger charge is 2.08. The summed E-state index contributed by atoms with van der Waals surface area (Å²) in [4.78, 5) is 4.56. The minimum absolute atomic E-state index is 0.761. The van der Waals surface area contributed by atoms with Crippen molar-refractivity contribution in [3.63, 3.8) is 0 Å². The van der Waals surface area contributed by atoms with Gasteiger partial charge in [-0.2, -0.15) is 0 Å². The van der Waals surface area contributed by atoms with E-state index in [1.54, 1.807) is 0 Å². The van der Waals surface area contributed by atoms with Crippen LogP contribution in [0, 0.1) is 0 Å². The Labute approximate surface area is 116 Å². The number of rotatable bonds is 5. The third-order valence-electron chi connectivity index (χ3n) is 3.44. The molecule has 0 bridgehead atoms. The molecule has 19 heavy (non-hydrogen) atoms. The summed E-state index contributed by atoms with van der Waals surface area (Å²) in [7, 11) is 4.09. The zero-order valence-electron chi connectivity index (χ0n) is 12.1. The van der Waals surface area contributed by atoms with Crippen LogP contribution in [0.1, 0.15) is 6.42 Å². The Morgan fingerprint density at radius 2 is 2.16 bits per heavy atom. The maximum absolute atomic E-state index is 5.85. The molecule has 1 N–H and O–H groups in total. The van der Waals surface area contributed by atoms with Gasteiger partial charge in [0, 0.05) is 45.5 Å². The van der Waals surface area contributed by atoms with Crippen molar-refractivity contribution in [3.8, 4) is 5.75 Å². The van der Waals surface area contributed by atoms with Gasteiger partial charge in [0.25, 0.3) is 0 Å². The molecule has 0 radical (unpaired) electrons. The van der Waals surface area contributed by atoms with Crippen LogP contribution in [0.5, 0.6) is 5.75 Å². The zero-order valence-corrected chi connectivity index (χ0v) is 12.1. The lowest BCUT2D eigenvalue weighted by Gasteiger charge is -2.20. The highest BCUT2D eigenvalue weighted by molar-refractivity contribution is 5.49. The first-order valence-electron chi connectivity index (χ1n) is 7.09. The van der Waals surface area contributed by atoms with Crippen molar-refractivity contribution in [2.24, 2.45) is 0 Å². The molecule has 1 aromatic rings. The fourth-order valence-electron chi connectivity index (χ4n) is 2.27. The summed E-state index contributed by atoms with van der Waals surface area (Å²) in [5.41, 5.74) is 1.18. The van der Waals surface area contributed by atoms with E-state index in [0.29, 0.717) is 0 Å². The van der Waals surface area contributed by atoms with E-state index in [0.717, 1.165) is 38.5 Å². The van der Waals surface area contributed by atoms with Crippen molar-refractivity contribution in [1.82, 2.24) is 10.2 Å². The van der Waals surface area contributed by atoms with E-state index in [9.17, 15) is 0 Å². The zero-order chi connectivity index (χ0) is 13.5. The molecule has 4 nitrogen and oxygen atoms in total. The molecule has 0 saturated carbocycles. The van der Waals surface area contributed by atoms with Crippen molar-refractivity contribution in [2.45, 2.75) is 6.42 Å². The molecule has 0 unspecified atom stereocenters.